The molecule has 0 radical (unpaired) electrons. The van der Waals surface area contributed by atoms with Crippen LogP contribution >= 0.6 is 0 Å². The third kappa shape index (κ3) is 2.53. The second kappa shape index (κ2) is 5.02. The Hall–Kier alpha value is -1.55. The van der Waals surface area contributed by atoms with Crippen molar-refractivity contribution in [2.75, 3.05) is 12.3 Å². The Morgan fingerprint density at radius 1 is 1.33 bits per heavy atom. The summed E-state index contributed by atoms with van der Waals surface area (Å²) in [4.78, 5) is 4.86. The van der Waals surface area contributed by atoms with Gasteiger partial charge >= 0.3 is 0 Å². The molecule has 1 aliphatic carbocycles. The lowest BCUT2D eigenvalue weighted by Crippen LogP contribution is -2.35. The predicted molar refractivity (Wildman–Crippen MR) is 86.5 cm³/mol. The van der Waals surface area contributed by atoms with Gasteiger partial charge in [-0.25, -0.2) is 4.98 Å². The maximum absolute atomic E-state index is 5.91. The molecule has 0 atom stereocenters. The molecule has 1 saturated carbocycles. The molecule has 1 aliphatic rings. The van der Waals surface area contributed by atoms with E-state index in [9.17, 15) is 0 Å². The third-order valence-electron chi connectivity index (χ3n) is 4.22. The highest BCUT2D eigenvalue weighted by atomic mass is 16.5. The van der Waals surface area contributed by atoms with E-state index in [1.54, 1.807) is 0 Å². The van der Waals surface area contributed by atoms with Crippen molar-refractivity contribution in [2.45, 2.75) is 58.1 Å². The minimum Gasteiger partial charge on any atom is -0.399 e. The molecular formula is C17H25N3O. The van der Waals surface area contributed by atoms with E-state index in [0.717, 1.165) is 36.5 Å². The number of nitrogens with zero attached hydrogens (tertiary/aromatic N) is 2. The van der Waals surface area contributed by atoms with E-state index >= 15 is 0 Å². The molecule has 4 heteroatoms. The predicted octanol–water partition coefficient (Wildman–Crippen LogP) is 3.66. The van der Waals surface area contributed by atoms with Gasteiger partial charge in [0.05, 0.1) is 17.1 Å². The Balaban J connectivity index is 2.03. The van der Waals surface area contributed by atoms with Crippen LogP contribution in [0.4, 0.5) is 5.69 Å². The lowest BCUT2D eigenvalue weighted by Gasteiger charge is -2.38. The van der Waals surface area contributed by atoms with Crippen LogP contribution in [-0.2, 0) is 10.2 Å². The fraction of sp³-hybridized carbons (Fsp3) is 0.588. The van der Waals surface area contributed by atoms with Crippen molar-refractivity contribution >= 4 is 16.7 Å². The molecule has 2 aromatic rings. The average Bonchev–Trinajstić information content (AvgIpc) is 2.71. The second-order valence-corrected chi connectivity index (χ2v) is 7.01. The smallest absolute Gasteiger partial charge is 0.115 e. The average molecular weight is 287 g/mol. The van der Waals surface area contributed by atoms with Crippen LogP contribution in [0.3, 0.4) is 0 Å². The van der Waals surface area contributed by atoms with Gasteiger partial charge in [-0.3, -0.25) is 0 Å². The number of anilines is 1. The SMILES string of the molecule is CCOC1CC(n2c(C(C)(C)C)nc3cc(N)ccc32)C1. The molecule has 0 saturated heterocycles. The van der Waals surface area contributed by atoms with Crippen molar-refractivity contribution in [1.29, 1.82) is 0 Å². The zero-order valence-corrected chi connectivity index (χ0v) is 13.4. The van der Waals surface area contributed by atoms with E-state index in [1.807, 2.05) is 12.1 Å². The minimum atomic E-state index is 0.0183. The number of fused-ring (bicyclic) bond motifs is 1. The van der Waals surface area contributed by atoms with Crippen molar-refractivity contribution in [2.24, 2.45) is 0 Å². The van der Waals surface area contributed by atoms with E-state index in [2.05, 4.69) is 38.3 Å². The lowest BCUT2D eigenvalue weighted by atomic mass is 9.87. The highest BCUT2D eigenvalue weighted by Crippen LogP contribution is 2.40. The molecule has 0 spiro atoms. The normalized spacial score (nSPS) is 22.5. The largest absolute Gasteiger partial charge is 0.399 e. The van der Waals surface area contributed by atoms with Crippen LogP contribution < -0.4 is 5.73 Å². The van der Waals surface area contributed by atoms with Gasteiger partial charge in [-0.15, -0.1) is 0 Å². The molecule has 2 N–H and O–H groups in total. The number of benzene rings is 1. The van der Waals surface area contributed by atoms with Crippen molar-refractivity contribution in [1.82, 2.24) is 9.55 Å². The van der Waals surface area contributed by atoms with E-state index in [4.69, 9.17) is 15.5 Å². The maximum Gasteiger partial charge on any atom is 0.115 e. The zero-order valence-electron chi connectivity index (χ0n) is 13.4. The van der Waals surface area contributed by atoms with Gasteiger partial charge in [0, 0.05) is 23.8 Å². The van der Waals surface area contributed by atoms with Crippen LogP contribution in [0.1, 0.15) is 52.4 Å². The number of hydrogen-bond acceptors (Lipinski definition) is 3. The Bertz CT molecular complexity index is 648. The first-order chi connectivity index (χ1) is 9.90. The van der Waals surface area contributed by atoms with Gasteiger partial charge in [0.2, 0.25) is 0 Å². The van der Waals surface area contributed by atoms with Gasteiger partial charge in [0.1, 0.15) is 5.82 Å². The molecule has 1 aromatic heterocycles. The fourth-order valence-electron chi connectivity index (χ4n) is 3.13. The number of hydrogen-bond donors (Lipinski definition) is 1. The van der Waals surface area contributed by atoms with E-state index < -0.39 is 0 Å². The van der Waals surface area contributed by atoms with Gasteiger partial charge in [0.15, 0.2) is 0 Å². The van der Waals surface area contributed by atoms with E-state index in [0.29, 0.717) is 12.1 Å². The minimum absolute atomic E-state index is 0.0183. The topological polar surface area (TPSA) is 53.1 Å². The molecule has 1 heterocycles. The fourth-order valence-corrected chi connectivity index (χ4v) is 3.13. The second-order valence-electron chi connectivity index (χ2n) is 7.01. The van der Waals surface area contributed by atoms with Crippen molar-refractivity contribution < 1.29 is 4.74 Å². The van der Waals surface area contributed by atoms with Crippen LogP contribution in [0.5, 0.6) is 0 Å². The summed E-state index contributed by atoms with van der Waals surface area (Å²) < 4.78 is 8.12. The van der Waals surface area contributed by atoms with Gasteiger partial charge < -0.3 is 15.0 Å². The molecule has 0 amide bonds. The zero-order chi connectivity index (χ0) is 15.2. The van der Waals surface area contributed by atoms with Crippen molar-refractivity contribution in [3.05, 3.63) is 24.0 Å². The molecule has 114 valence electrons. The summed E-state index contributed by atoms with van der Waals surface area (Å²) in [5, 5.41) is 0. The molecule has 4 nitrogen and oxygen atoms in total. The molecule has 3 rings (SSSR count). The molecule has 0 unspecified atom stereocenters. The van der Waals surface area contributed by atoms with E-state index in [-0.39, 0.29) is 5.41 Å². The summed E-state index contributed by atoms with van der Waals surface area (Å²) in [6.07, 6.45) is 2.55. The Labute approximate surface area is 126 Å². The number of ether oxygens (including phenoxy) is 1. The monoisotopic (exact) mass is 287 g/mol. The molecule has 1 fully saturated rings. The number of nitrogen functional groups attached to an aromatic ring is 1. The van der Waals surface area contributed by atoms with Crippen LogP contribution in [-0.4, -0.2) is 22.3 Å². The Kier molecular flexibility index (Phi) is 3.44. The summed E-state index contributed by atoms with van der Waals surface area (Å²) in [6.45, 7) is 9.50. The Morgan fingerprint density at radius 2 is 2.05 bits per heavy atom. The summed E-state index contributed by atoms with van der Waals surface area (Å²) >= 11 is 0. The molecule has 0 bridgehead atoms. The molecular weight excluding hydrogens is 262 g/mol. The molecule has 0 aliphatic heterocycles. The summed E-state index contributed by atoms with van der Waals surface area (Å²) in [6, 6.07) is 6.52. The highest BCUT2D eigenvalue weighted by Gasteiger charge is 2.35. The van der Waals surface area contributed by atoms with Crippen molar-refractivity contribution in [3.63, 3.8) is 0 Å². The van der Waals surface area contributed by atoms with Gasteiger partial charge in [0.25, 0.3) is 0 Å². The van der Waals surface area contributed by atoms with Crippen LogP contribution in [0.25, 0.3) is 11.0 Å². The number of imidazole rings is 1. The number of rotatable bonds is 3. The summed E-state index contributed by atoms with van der Waals surface area (Å²) in [5.41, 5.74) is 8.89. The maximum atomic E-state index is 5.91. The van der Waals surface area contributed by atoms with Crippen LogP contribution in [0.2, 0.25) is 0 Å². The molecule has 21 heavy (non-hydrogen) atoms. The quantitative estimate of drug-likeness (QED) is 0.877. The van der Waals surface area contributed by atoms with E-state index in [1.165, 1.54) is 5.52 Å². The van der Waals surface area contributed by atoms with Gasteiger partial charge in [-0.2, -0.15) is 0 Å². The van der Waals surface area contributed by atoms with Crippen LogP contribution in [0, 0.1) is 0 Å². The molecule has 1 aromatic carbocycles. The summed E-state index contributed by atoms with van der Waals surface area (Å²) in [5.74, 6) is 1.14. The van der Waals surface area contributed by atoms with Gasteiger partial charge in [-0.1, -0.05) is 20.8 Å². The standard InChI is InChI=1S/C17H25N3O/c1-5-21-13-9-12(10-13)20-15-7-6-11(18)8-14(15)19-16(20)17(2,3)4/h6-8,12-13H,5,9-10,18H2,1-4H3. The highest BCUT2D eigenvalue weighted by molar-refractivity contribution is 5.80. The number of nitrogens with two attached hydrogens (primary N) is 1. The summed E-state index contributed by atoms with van der Waals surface area (Å²) in [7, 11) is 0. The van der Waals surface area contributed by atoms with Gasteiger partial charge in [-0.05, 0) is 38.0 Å². The van der Waals surface area contributed by atoms with Crippen LogP contribution in [0.15, 0.2) is 18.2 Å². The third-order valence-corrected chi connectivity index (χ3v) is 4.22. The van der Waals surface area contributed by atoms with Crippen molar-refractivity contribution in [3.8, 4) is 0 Å². The first kappa shape index (κ1) is 14.4. The first-order valence-corrected chi connectivity index (χ1v) is 7.79. The Morgan fingerprint density at radius 3 is 2.67 bits per heavy atom. The first-order valence-electron chi connectivity index (χ1n) is 7.79. The lowest BCUT2D eigenvalue weighted by molar-refractivity contribution is -0.0198. The number of aromatic nitrogens is 2.